The standard InChI is InChI=1S/C15H8BrF4IO3/c16-9-5-7-10(8-6-9)23-15(19,20)14(17,18)21-12-4-2-1-3-11(12)13(22)24-21/h1-8H. The summed E-state index contributed by atoms with van der Waals surface area (Å²) in [4.78, 5) is 11.6. The molecule has 0 aliphatic carbocycles. The van der Waals surface area contributed by atoms with Crippen molar-refractivity contribution in [3.05, 3.63) is 62.1 Å². The Kier molecular flexibility index (Phi) is 4.49. The van der Waals surface area contributed by atoms with Crippen LogP contribution in [0.15, 0.2) is 53.0 Å². The Morgan fingerprint density at radius 2 is 1.62 bits per heavy atom. The Bertz CT molecular complexity index is 783. The zero-order valence-electron chi connectivity index (χ0n) is 11.6. The molecule has 1 heterocycles. The fourth-order valence-electron chi connectivity index (χ4n) is 1.91. The first-order valence-electron chi connectivity index (χ1n) is 6.44. The number of hydrogen-bond donors (Lipinski definition) is 0. The van der Waals surface area contributed by atoms with E-state index in [1.807, 2.05) is 0 Å². The monoisotopic (exact) mass is 518 g/mol. The van der Waals surface area contributed by atoms with Crippen molar-refractivity contribution in [1.29, 1.82) is 0 Å². The van der Waals surface area contributed by atoms with Crippen LogP contribution in [0, 0.1) is 3.57 Å². The van der Waals surface area contributed by atoms with Gasteiger partial charge in [0.25, 0.3) is 0 Å². The van der Waals surface area contributed by atoms with E-state index in [9.17, 15) is 22.4 Å². The normalized spacial score (nSPS) is 15.9. The molecule has 1 aliphatic heterocycles. The SMILES string of the molecule is O=C1OI(C(F)(F)C(F)(F)Oc2ccc(Br)cc2)c2ccccc21. The Morgan fingerprint density at radius 3 is 2.29 bits per heavy atom. The van der Waals surface area contributed by atoms with E-state index in [-0.39, 0.29) is 9.13 Å². The van der Waals surface area contributed by atoms with Gasteiger partial charge in [-0.25, -0.2) is 0 Å². The molecular weight excluding hydrogens is 511 g/mol. The molecule has 0 saturated carbocycles. The Hall–Kier alpha value is -1.36. The first-order valence-corrected chi connectivity index (χ1v) is 10.3. The molecule has 0 bridgehead atoms. The second kappa shape index (κ2) is 6.17. The summed E-state index contributed by atoms with van der Waals surface area (Å²) in [6.45, 7) is 0. The van der Waals surface area contributed by atoms with E-state index in [1.54, 1.807) is 0 Å². The van der Waals surface area contributed by atoms with Gasteiger partial charge >= 0.3 is 150 Å². The summed E-state index contributed by atoms with van der Waals surface area (Å²) in [7, 11) is 0. The summed E-state index contributed by atoms with van der Waals surface area (Å²) in [5.41, 5.74) is -0.0955. The molecule has 128 valence electrons. The quantitative estimate of drug-likeness (QED) is 0.306. The van der Waals surface area contributed by atoms with Crippen LogP contribution in [0.25, 0.3) is 0 Å². The van der Waals surface area contributed by atoms with Crippen molar-refractivity contribution < 1.29 is 30.2 Å². The Balaban J connectivity index is 1.91. The third-order valence-electron chi connectivity index (χ3n) is 3.03. The molecule has 3 nitrogen and oxygen atoms in total. The van der Waals surface area contributed by atoms with Gasteiger partial charge in [0.2, 0.25) is 0 Å². The topological polar surface area (TPSA) is 35.5 Å². The van der Waals surface area contributed by atoms with Crippen LogP contribution in [0.4, 0.5) is 17.6 Å². The van der Waals surface area contributed by atoms with Crippen LogP contribution in [-0.2, 0) is 3.07 Å². The molecule has 0 radical (unpaired) electrons. The van der Waals surface area contributed by atoms with Gasteiger partial charge in [-0.3, -0.25) is 0 Å². The van der Waals surface area contributed by atoms with E-state index in [4.69, 9.17) is 0 Å². The van der Waals surface area contributed by atoms with Crippen molar-refractivity contribution >= 4 is 42.1 Å². The average Bonchev–Trinajstić information content (AvgIpc) is 2.87. The molecule has 0 amide bonds. The van der Waals surface area contributed by atoms with Gasteiger partial charge in [-0.1, -0.05) is 0 Å². The molecule has 0 N–H and O–H groups in total. The number of carbonyl (C=O) groups is 1. The van der Waals surface area contributed by atoms with Gasteiger partial charge in [0, 0.05) is 0 Å². The van der Waals surface area contributed by atoms with Crippen LogP contribution in [0.2, 0.25) is 0 Å². The number of ether oxygens (including phenoxy) is 1. The molecule has 9 heteroatoms. The number of halogens is 6. The second-order valence-electron chi connectivity index (χ2n) is 4.66. The number of carbonyl (C=O) groups excluding carboxylic acids is 1. The second-order valence-corrected chi connectivity index (χ2v) is 9.96. The molecule has 1 aliphatic rings. The Morgan fingerprint density at radius 1 is 1.00 bits per heavy atom. The summed E-state index contributed by atoms with van der Waals surface area (Å²) in [5.74, 6) is -1.42. The molecule has 24 heavy (non-hydrogen) atoms. The number of rotatable bonds is 4. The van der Waals surface area contributed by atoms with Crippen molar-refractivity contribution in [3.8, 4) is 5.75 Å². The van der Waals surface area contributed by atoms with E-state index in [0.29, 0.717) is 4.47 Å². The molecule has 0 atom stereocenters. The van der Waals surface area contributed by atoms with Gasteiger partial charge in [-0.05, 0) is 0 Å². The van der Waals surface area contributed by atoms with E-state index in [1.165, 1.54) is 36.4 Å². The van der Waals surface area contributed by atoms with Gasteiger partial charge in [0.15, 0.2) is 0 Å². The van der Waals surface area contributed by atoms with E-state index < -0.39 is 42.0 Å². The van der Waals surface area contributed by atoms with Crippen molar-refractivity contribution in [2.45, 2.75) is 10.0 Å². The third-order valence-corrected chi connectivity index (χ3v) is 8.25. The van der Waals surface area contributed by atoms with Crippen LogP contribution in [0.5, 0.6) is 5.75 Å². The summed E-state index contributed by atoms with van der Waals surface area (Å²) < 4.78 is 61.8. The molecule has 0 unspecified atom stereocenters. The minimum absolute atomic E-state index is 0.0955. The molecule has 3 rings (SSSR count). The van der Waals surface area contributed by atoms with Crippen molar-refractivity contribution in [3.63, 3.8) is 0 Å². The summed E-state index contributed by atoms with van der Waals surface area (Å²) in [5, 5.41) is 0. The molecule has 0 fully saturated rings. The van der Waals surface area contributed by atoms with E-state index in [0.717, 1.165) is 12.1 Å². The maximum absolute atomic E-state index is 14.4. The number of alkyl halides is 5. The fourth-order valence-corrected chi connectivity index (χ4v) is 6.20. The van der Waals surface area contributed by atoms with Crippen LogP contribution < -0.4 is 4.74 Å². The van der Waals surface area contributed by atoms with E-state index in [2.05, 4.69) is 23.7 Å². The number of hydrogen-bond acceptors (Lipinski definition) is 3. The van der Waals surface area contributed by atoms with Gasteiger partial charge in [0.1, 0.15) is 0 Å². The molecular formula is C15H8BrF4IO3. The van der Waals surface area contributed by atoms with Crippen molar-refractivity contribution in [2.75, 3.05) is 0 Å². The Labute approximate surface area is 150 Å². The predicted molar refractivity (Wildman–Crippen MR) is 89.2 cm³/mol. The maximum atomic E-state index is 14.4. The number of benzene rings is 2. The van der Waals surface area contributed by atoms with Crippen LogP contribution in [0.3, 0.4) is 0 Å². The van der Waals surface area contributed by atoms with Crippen LogP contribution >= 0.6 is 36.2 Å². The van der Waals surface area contributed by atoms with Crippen molar-refractivity contribution in [2.24, 2.45) is 0 Å². The van der Waals surface area contributed by atoms with Gasteiger partial charge in [0.05, 0.1) is 0 Å². The molecule has 2 aromatic carbocycles. The number of fused-ring (bicyclic) bond motifs is 1. The molecule has 0 spiro atoms. The average molecular weight is 519 g/mol. The van der Waals surface area contributed by atoms with Gasteiger partial charge in [-0.2, -0.15) is 0 Å². The zero-order valence-corrected chi connectivity index (χ0v) is 15.4. The first-order chi connectivity index (χ1) is 11.2. The van der Waals surface area contributed by atoms with E-state index >= 15 is 0 Å². The van der Waals surface area contributed by atoms with Gasteiger partial charge in [-0.15, -0.1) is 0 Å². The fraction of sp³-hybridized carbons (Fsp3) is 0.133. The molecule has 0 aromatic heterocycles. The van der Waals surface area contributed by atoms with Crippen LogP contribution in [0.1, 0.15) is 10.4 Å². The predicted octanol–water partition coefficient (Wildman–Crippen LogP) is 5.48. The molecule has 2 aromatic rings. The van der Waals surface area contributed by atoms with Crippen molar-refractivity contribution in [1.82, 2.24) is 0 Å². The van der Waals surface area contributed by atoms with Gasteiger partial charge < -0.3 is 0 Å². The summed E-state index contributed by atoms with van der Waals surface area (Å²) in [6.07, 6.45) is -4.82. The third kappa shape index (κ3) is 2.99. The zero-order chi connectivity index (χ0) is 17.5. The summed E-state index contributed by atoms with van der Waals surface area (Å²) >= 11 is -1.20. The minimum atomic E-state index is -4.82. The first kappa shape index (κ1) is 17.5. The summed E-state index contributed by atoms with van der Waals surface area (Å²) in [6, 6.07) is 10.4. The molecule has 0 saturated heterocycles. The van der Waals surface area contributed by atoms with Crippen LogP contribution in [-0.4, -0.2) is 16.0 Å².